The van der Waals surface area contributed by atoms with Crippen molar-refractivity contribution in [3.8, 4) is 5.75 Å². The molecular weight excluding hydrogens is 415 g/mol. The molecule has 3 rings (SSSR count). The zero-order valence-electron chi connectivity index (χ0n) is 9.37. The normalized spacial score (nSPS) is 23.6. The van der Waals surface area contributed by atoms with Crippen molar-refractivity contribution in [2.45, 2.75) is 15.8 Å². The number of rotatable bonds is 3. The van der Waals surface area contributed by atoms with Crippen molar-refractivity contribution in [2.75, 3.05) is 18.1 Å². The van der Waals surface area contributed by atoms with E-state index in [0.29, 0.717) is 21.2 Å². The summed E-state index contributed by atoms with van der Waals surface area (Å²) in [5, 5.41) is 0. The Morgan fingerprint density at radius 1 is 1.65 bits per heavy atom. The average molecular weight is 428 g/mol. The van der Waals surface area contributed by atoms with Crippen LogP contribution in [0.4, 0.5) is 0 Å². The molecule has 2 heterocycles. The average Bonchev–Trinajstić information content (AvgIpc) is 3.04. The van der Waals surface area contributed by atoms with Crippen LogP contribution in [0.5, 0.6) is 5.75 Å². The van der Waals surface area contributed by atoms with Gasteiger partial charge in [-0.3, -0.25) is 0 Å². The van der Waals surface area contributed by atoms with Gasteiger partial charge in [-0.15, -0.1) is 0 Å². The van der Waals surface area contributed by atoms with Crippen molar-refractivity contribution >= 4 is 28.6 Å². The second-order valence-electron chi connectivity index (χ2n) is 4.13. The summed E-state index contributed by atoms with van der Waals surface area (Å²) in [5.74, 6) is 1.12. The van der Waals surface area contributed by atoms with E-state index >= 15 is 0 Å². The van der Waals surface area contributed by atoms with Crippen LogP contribution in [0.15, 0.2) is 10.5 Å². The van der Waals surface area contributed by atoms with Crippen LogP contribution in [-0.4, -0.2) is 18.1 Å². The number of hydrogen-bond donors (Lipinski definition) is 1. The Bertz CT molecular complexity index is 462. The van der Waals surface area contributed by atoms with Crippen LogP contribution >= 0.6 is 28.6 Å². The molecule has 0 aromatic heterocycles. The van der Waals surface area contributed by atoms with E-state index in [0.717, 1.165) is 27.2 Å². The third kappa shape index (κ3) is 2.24. The summed E-state index contributed by atoms with van der Waals surface area (Å²) in [7, 11) is 1.70. The third-order valence-corrected chi connectivity index (χ3v) is 6.69. The summed E-state index contributed by atoms with van der Waals surface area (Å²) >= 11 is 8.50. The summed E-state index contributed by atoms with van der Waals surface area (Å²) < 4.78 is 14.5. The van der Waals surface area contributed by atoms with E-state index in [-0.39, 0.29) is 5.44 Å². The van der Waals surface area contributed by atoms with Gasteiger partial charge in [-0.2, -0.15) is 0 Å². The zero-order chi connectivity index (χ0) is 12.0. The Morgan fingerprint density at radius 3 is 3.06 bits per heavy atom. The summed E-state index contributed by atoms with van der Waals surface area (Å²) in [4.78, 5) is 0. The van der Waals surface area contributed by atoms with Gasteiger partial charge < -0.3 is 0 Å². The third-order valence-electron chi connectivity index (χ3n) is 3.11. The van der Waals surface area contributed by atoms with Crippen LogP contribution in [0.1, 0.15) is 26.1 Å². The molecule has 0 radical (unpaired) electrons. The van der Waals surface area contributed by atoms with Gasteiger partial charge in [0, 0.05) is 0 Å². The van der Waals surface area contributed by atoms with Crippen molar-refractivity contribution in [3.05, 3.63) is 27.2 Å². The number of fused-ring (bicyclic) bond motifs is 1. The second kappa shape index (κ2) is 4.90. The Balaban J connectivity index is 2.17. The molecule has 17 heavy (non-hydrogen) atoms. The number of hydrogen-bond acceptors (Lipinski definition) is 3. The Morgan fingerprint density at radius 2 is 2.41 bits per heavy atom. The molecule has 1 saturated heterocycles. The molecule has 1 aromatic rings. The number of benzene rings is 1. The van der Waals surface area contributed by atoms with Gasteiger partial charge in [0.2, 0.25) is 0 Å². The molecule has 2 aliphatic rings. The van der Waals surface area contributed by atoms with E-state index in [1.165, 1.54) is 21.1 Å². The Hall–Kier alpha value is 0.540. The predicted molar refractivity (Wildman–Crippen MR) is 69.7 cm³/mol. The number of thiol groups is 1. The van der Waals surface area contributed by atoms with Gasteiger partial charge in [0.15, 0.2) is 0 Å². The maximum atomic E-state index is 5.85. The van der Waals surface area contributed by atoms with Crippen LogP contribution in [0.3, 0.4) is 0 Å². The van der Waals surface area contributed by atoms with Crippen LogP contribution in [0, 0.1) is 0 Å². The van der Waals surface area contributed by atoms with Crippen molar-refractivity contribution in [1.29, 1.82) is 0 Å². The van der Waals surface area contributed by atoms with E-state index in [1.807, 2.05) is 0 Å². The Labute approximate surface area is 125 Å². The molecule has 5 heteroatoms. The second-order valence-corrected chi connectivity index (χ2v) is 8.72. The van der Waals surface area contributed by atoms with Gasteiger partial charge in [0.05, 0.1) is 0 Å². The molecule has 0 aliphatic carbocycles. The van der Waals surface area contributed by atoms with E-state index in [1.54, 1.807) is 7.11 Å². The fraction of sp³-hybridized carbons (Fsp3) is 0.500. The van der Waals surface area contributed by atoms with E-state index in [4.69, 9.17) is 9.47 Å². The van der Waals surface area contributed by atoms with E-state index < -0.39 is 0 Å². The van der Waals surface area contributed by atoms with Crippen LogP contribution in [-0.2, 0) is 11.2 Å². The van der Waals surface area contributed by atoms with Gasteiger partial charge in [0.25, 0.3) is 0 Å². The molecule has 2 atom stereocenters. The molecule has 0 bridgehead atoms. The Kier molecular flexibility index (Phi) is 3.63. The van der Waals surface area contributed by atoms with Gasteiger partial charge in [-0.1, -0.05) is 0 Å². The fourth-order valence-corrected chi connectivity index (χ4v) is 4.83. The molecular formula is C12H13BrIO2S-. The summed E-state index contributed by atoms with van der Waals surface area (Å²) in [6.45, 7) is 0.805. The first-order valence-electron chi connectivity index (χ1n) is 5.49. The predicted octanol–water partition coefficient (Wildman–Crippen LogP) is 0.102. The van der Waals surface area contributed by atoms with Gasteiger partial charge >= 0.3 is 126 Å². The molecule has 2 aliphatic heterocycles. The topological polar surface area (TPSA) is 18.5 Å². The van der Waals surface area contributed by atoms with E-state index in [2.05, 4.69) is 34.6 Å². The molecule has 1 aromatic carbocycles. The zero-order valence-corrected chi connectivity index (χ0v) is 14.0. The molecule has 0 saturated carbocycles. The number of ether oxygens (including phenoxy) is 2. The first-order chi connectivity index (χ1) is 8.22. The van der Waals surface area contributed by atoms with Crippen molar-refractivity contribution in [3.63, 3.8) is 0 Å². The van der Waals surface area contributed by atoms with Gasteiger partial charge in [0.1, 0.15) is 0 Å². The van der Waals surface area contributed by atoms with Crippen LogP contribution in [0.25, 0.3) is 0 Å². The van der Waals surface area contributed by atoms with Gasteiger partial charge in [-0.25, -0.2) is 0 Å². The van der Waals surface area contributed by atoms with Gasteiger partial charge in [-0.05, 0) is 0 Å². The van der Waals surface area contributed by atoms with Crippen molar-refractivity contribution < 1.29 is 30.7 Å². The monoisotopic (exact) mass is 427 g/mol. The minimum absolute atomic E-state index is 0.152. The van der Waals surface area contributed by atoms with Crippen molar-refractivity contribution in [2.24, 2.45) is 0 Å². The van der Waals surface area contributed by atoms with Crippen LogP contribution < -0.4 is 25.9 Å². The van der Waals surface area contributed by atoms with Crippen molar-refractivity contribution in [1.82, 2.24) is 0 Å². The number of halogens is 2. The minimum atomic E-state index is -0.152. The maximum absolute atomic E-state index is 5.85. The first kappa shape index (κ1) is 12.6. The molecule has 2 unspecified atom stereocenters. The number of alkyl halides is 2. The van der Waals surface area contributed by atoms with Crippen LogP contribution in [0.2, 0.25) is 0 Å². The molecule has 2 nitrogen and oxygen atoms in total. The fourth-order valence-electron chi connectivity index (χ4n) is 2.21. The summed E-state index contributed by atoms with van der Waals surface area (Å²) in [6, 6.07) is 2.17. The molecule has 0 spiro atoms. The quantitative estimate of drug-likeness (QED) is 0.319. The molecule has 0 N–H and O–H groups in total. The number of methoxy groups -OCH3 is 1. The van der Waals surface area contributed by atoms with E-state index in [9.17, 15) is 0 Å². The first-order valence-corrected chi connectivity index (χ1v) is 9.57. The molecule has 1 fully saturated rings. The molecule has 0 amide bonds. The summed E-state index contributed by atoms with van der Waals surface area (Å²) in [5.41, 5.74) is 3.75. The SMILES string of the molecule is COC(S)c1cc(Br)c2c(c1C1C[I-]1)OCC2. The standard InChI is InChI=1S/C12H13BrIO2S/c1-15-12(17)7-4-8(13)6-2-3-16-11(6)10(7)9-5-14-9/h4,9,12,17H,2-3,5H2,1H3/q-1. The molecule has 94 valence electrons. The summed E-state index contributed by atoms with van der Waals surface area (Å²) in [6.07, 6.45) is 1.01.